The van der Waals surface area contributed by atoms with E-state index in [1.54, 1.807) is 0 Å². The predicted octanol–water partition coefficient (Wildman–Crippen LogP) is 4.16. The molecule has 5 N–H and O–H groups in total. The Hall–Kier alpha value is -3.38. The van der Waals surface area contributed by atoms with Gasteiger partial charge >= 0.3 is 0 Å². The fourth-order valence-corrected chi connectivity index (χ4v) is 6.28. The molecule has 0 unspecified atom stereocenters. The lowest BCUT2D eigenvalue weighted by Gasteiger charge is -2.22. The van der Waals surface area contributed by atoms with Crippen LogP contribution in [-0.4, -0.2) is 66.7 Å². The van der Waals surface area contributed by atoms with Gasteiger partial charge in [-0.1, -0.05) is 29.8 Å². The zero-order chi connectivity index (χ0) is 28.6. The van der Waals surface area contributed by atoms with Crippen molar-refractivity contribution in [3.05, 3.63) is 52.8 Å². The number of aliphatic hydroxyl groups is 3. The SMILES string of the molecule is CCOc1cc2sc(-c3c(C)nc(N[C@H](C)c4ccc(C)cc4)nc3N[C@@H]3C[C@H](CO)[C@@H](O)[C@H]3O)nc2c(C)n1. The number of ether oxygens (including phenoxy) is 1. The minimum Gasteiger partial charge on any atom is -0.478 e. The molecule has 1 saturated carbocycles. The van der Waals surface area contributed by atoms with Gasteiger partial charge in [0.05, 0.1) is 46.4 Å². The molecule has 3 aromatic heterocycles. The van der Waals surface area contributed by atoms with E-state index in [-0.39, 0.29) is 12.6 Å². The molecule has 0 aliphatic heterocycles. The number of nitrogens with one attached hydrogen (secondary N) is 2. The summed E-state index contributed by atoms with van der Waals surface area (Å²) in [6, 6.07) is 9.62. The van der Waals surface area contributed by atoms with Crippen LogP contribution < -0.4 is 15.4 Å². The molecule has 1 fully saturated rings. The highest BCUT2D eigenvalue weighted by Crippen LogP contribution is 2.39. The molecule has 11 heteroatoms. The Labute approximate surface area is 237 Å². The molecule has 5 atom stereocenters. The number of aromatic nitrogens is 4. The maximum absolute atomic E-state index is 10.8. The zero-order valence-corrected chi connectivity index (χ0v) is 24.2. The van der Waals surface area contributed by atoms with Crippen LogP contribution in [0.1, 0.15) is 48.8 Å². The molecule has 0 amide bonds. The van der Waals surface area contributed by atoms with Crippen molar-refractivity contribution >= 4 is 33.3 Å². The summed E-state index contributed by atoms with van der Waals surface area (Å²) >= 11 is 1.49. The van der Waals surface area contributed by atoms with Crippen LogP contribution in [0.3, 0.4) is 0 Å². The quantitative estimate of drug-likeness (QED) is 0.201. The fraction of sp³-hybridized carbons (Fsp3) is 0.448. The van der Waals surface area contributed by atoms with E-state index in [9.17, 15) is 15.3 Å². The average Bonchev–Trinajstić information content (AvgIpc) is 3.45. The number of benzene rings is 1. The molecule has 0 spiro atoms. The van der Waals surface area contributed by atoms with Gasteiger partial charge in [-0.15, -0.1) is 11.3 Å². The first-order valence-electron chi connectivity index (χ1n) is 13.5. The largest absolute Gasteiger partial charge is 0.478 e. The van der Waals surface area contributed by atoms with E-state index in [1.165, 1.54) is 16.9 Å². The van der Waals surface area contributed by atoms with Crippen molar-refractivity contribution in [2.75, 3.05) is 23.8 Å². The number of nitrogens with zero attached hydrogens (tertiary/aromatic N) is 4. The Morgan fingerprint density at radius 2 is 1.77 bits per heavy atom. The second-order valence-corrected chi connectivity index (χ2v) is 11.4. The number of aliphatic hydroxyl groups excluding tert-OH is 3. The van der Waals surface area contributed by atoms with Gasteiger partial charge in [0.1, 0.15) is 22.4 Å². The highest BCUT2D eigenvalue weighted by molar-refractivity contribution is 7.21. The Morgan fingerprint density at radius 1 is 1.02 bits per heavy atom. The third-order valence-corrected chi connectivity index (χ3v) is 8.43. The average molecular weight is 565 g/mol. The molecule has 212 valence electrons. The van der Waals surface area contributed by atoms with E-state index >= 15 is 0 Å². The summed E-state index contributed by atoms with van der Waals surface area (Å²) in [7, 11) is 0. The Balaban J connectivity index is 1.55. The monoisotopic (exact) mass is 564 g/mol. The molecule has 0 radical (unpaired) electrons. The van der Waals surface area contributed by atoms with E-state index < -0.39 is 24.2 Å². The molecule has 1 aliphatic carbocycles. The van der Waals surface area contributed by atoms with Crippen molar-refractivity contribution < 1.29 is 20.1 Å². The fourth-order valence-electron chi connectivity index (χ4n) is 5.13. The summed E-state index contributed by atoms with van der Waals surface area (Å²) in [5.41, 5.74) is 5.25. The maximum atomic E-state index is 10.8. The topological polar surface area (TPSA) is 146 Å². The Kier molecular flexibility index (Phi) is 8.18. The van der Waals surface area contributed by atoms with Crippen LogP contribution in [0.4, 0.5) is 11.8 Å². The first kappa shape index (κ1) is 28.2. The molecule has 1 aliphatic rings. The van der Waals surface area contributed by atoms with Crippen LogP contribution >= 0.6 is 11.3 Å². The minimum absolute atomic E-state index is 0.0514. The number of thiazole rings is 1. The van der Waals surface area contributed by atoms with E-state index in [0.717, 1.165) is 21.5 Å². The molecule has 0 saturated heterocycles. The van der Waals surface area contributed by atoms with Crippen LogP contribution in [0, 0.1) is 26.7 Å². The maximum Gasteiger partial charge on any atom is 0.225 e. The number of fused-ring (bicyclic) bond motifs is 1. The van der Waals surface area contributed by atoms with Crippen molar-refractivity contribution in [1.82, 2.24) is 19.9 Å². The number of rotatable bonds is 9. The van der Waals surface area contributed by atoms with Gasteiger partial charge < -0.3 is 30.7 Å². The van der Waals surface area contributed by atoms with E-state index in [2.05, 4.69) is 46.8 Å². The number of hydrogen-bond acceptors (Lipinski definition) is 11. The number of hydrogen-bond donors (Lipinski definition) is 5. The van der Waals surface area contributed by atoms with Crippen molar-refractivity contribution in [1.29, 1.82) is 0 Å². The normalized spacial score (nSPS) is 21.5. The van der Waals surface area contributed by atoms with Crippen LogP contribution in [0.2, 0.25) is 0 Å². The summed E-state index contributed by atoms with van der Waals surface area (Å²) in [6.07, 6.45) is -1.69. The van der Waals surface area contributed by atoms with Crippen LogP contribution in [0.5, 0.6) is 5.88 Å². The summed E-state index contributed by atoms with van der Waals surface area (Å²) in [4.78, 5) is 19.1. The van der Waals surface area contributed by atoms with Gasteiger partial charge in [-0.25, -0.2) is 15.0 Å². The van der Waals surface area contributed by atoms with Gasteiger partial charge in [-0.2, -0.15) is 4.98 Å². The molecule has 4 aromatic rings. The van der Waals surface area contributed by atoms with Crippen LogP contribution in [0.15, 0.2) is 30.3 Å². The lowest BCUT2D eigenvalue weighted by Crippen LogP contribution is -2.35. The summed E-state index contributed by atoms with van der Waals surface area (Å²) < 4.78 is 6.57. The Morgan fingerprint density at radius 3 is 2.45 bits per heavy atom. The third kappa shape index (κ3) is 5.60. The van der Waals surface area contributed by atoms with Gasteiger partial charge in [-0.05, 0) is 46.6 Å². The van der Waals surface area contributed by atoms with E-state index in [4.69, 9.17) is 19.7 Å². The standard InChI is InChI=1S/C29H36N6O4S/c1-6-39-22-12-21-24(17(5)30-22)34-28(40-21)23-16(4)32-29(31-15(3)18-9-7-14(2)8-10-18)35-27(23)33-20-11-19(13-36)25(37)26(20)38/h7-10,12,15,19-20,25-26,36-38H,6,11,13H2,1-5H3,(H2,31,32,33,35)/t15-,19-,20-,25-,26+/m1/s1. The van der Waals surface area contributed by atoms with Crippen LogP contribution in [-0.2, 0) is 0 Å². The first-order valence-corrected chi connectivity index (χ1v) is 14.4. The van der Waals surface area contributed by atoms with E-state index in [0.29, 0.717) is 46.9 Å². The minimum atomic E-state index is -1.06. The number of aryl methyl sites for hydroxylation is 3. The van der Waals surface area contributed by atoms with Gasteiger partial charge in [-0.3, -0.25) is 0 Å². The number of anilines is 2. The Bertz CT molecular complexity index is 1490. The highest BCUT2D eigenvalue weighted by Gasteiger charge is 2.41. The second kappa shape index (κ2) is 11.6. The highest BCUT2D eigenvalue weighted by atomic mass is 32.1. The molecular formula is C29H36N6O4S. The molecule has 10 nitrogen and oxygen atoms in total. The van der Waals surface area contributed by atoms with E-state index in [1.807, 2.05) is 33.8 Å². The van der Waals surface area contributed by atoms with Crippen molar-refractivity contribution in [2.45, 2.75) is 65.3 Å². The first-order chi connectivity index (χ1) is 19.2. The van der Waals surface area contributed by atoms with Crippen molar-refractivity contribution in [2.24, 2.45) is 5.92 Å². The smallest absolute Gasteiger partial charge is 0.225 e. The molecular weight excluding hydrogens is 528 g/mol. The lowest BCUT2D eigenvalue weighted by molar-refractivity contribution is 0.00446. The van der Waals surface area contributed by atoms with Gasteiger partial charge in [0.2, 0.25) is 11.8 Å². The van der Waals surface area contributed by atoms with Gasteiger partial charge in [0.15, 0.2) is 0 Å². The van der Waals surface area contributed by atoms with Crippen molar-refractivity contribution in [3.8, 4) is 16.5 Å². The van der Waals surface area contributed by atoms with Gasteiger partial charge in [0.25, 0.3) is 0 Å². The second-order valence-electron chi connectivity index (χ2n) is 10.4. The third-order valence-electron chi connectivity index (χ3n) is 7.41. The summed E-state index contributed by atoms with van der Waals surface area (Å²) in [5.74, 6) is 1.06. The molecule has 3 heterocycles. The van der Waals surface area contributed by atoms with Crippen LogP contribution in [0.25, 0.3) is 20.8 Å². The summed E-state index contributed by atoms with van der Waals surface area (Å²) in [5, 5.41) is 38.3. The molecule has 0 bridgehead atoms. The summed E-state index contributed by atoms with van der Waals surface area (Å²) in [6.45, 7) is 10.1. The van der Waals surface area contributed by atoms with Crippen molar-refractivity contribution in [3.63, 3.8) is 0 Å². The lowest BCUT2D eigenvalue weighted by atomic mass is 10.1. The predicted molar refractivity (Wildman–Crippen MR) is 157 cm³/mol. The molecule has 40 heavy (non-hydrogen) atoms. The molecule has 1 aromatic carbocycles. The number of pyridine rings is 1. The van der Waals surface area contributed by atoms with Gasteiger partial charge in [0, 0.05) is 18.6 Å². The zero-order valence-electron chi connectivity index (χ0n) is 23.3. The molecule has 5 rings (SSSR count).